The van der Waals surface area contributed by atoms with Crippen molar-refractivity contribution in [3.63, 3.8) is 0 Å². The molecule has 0 amide bonds. The number of thiazole rings is 1. The van der Waals surface area contributed by atoms with E-state index in [9.17, 15) is 4.79 Å². The third-order valence-electron chi connectivity index (χ3n) is 4.74. The van der Waals surface area contributed by atoms with Gasteiger partial charge in [0, 0.05) is 19.5 Å². The highest BCUT2D eigenvalue weighted by molar-refractivity contribution is 7.17. The fourth-order valence-corrected chi connectivity index (χ4v) is 4.50. The molecule has 1 aliphatic carbocycles. The predicted molar refractivity (Wildman–Crippen MR) is 83.8 cm³/mol. The lowest BCUT2D eigenvalue weighted by Crippen LogP contribution is -2.24. The fraction of sp³-hybridized carbons (Fsp3) is 0.750. The monoisotopic (exact) mass is 292 g/mol. The van der Waals surface area contributed by atoms with Crippen LogP contribution < -0.4 is 4.90 Å². The summed E-state index contributed by atoms with van der Waals surface area (Å²) >= 11 is 1.63. The Balaban J connectivity index is 1.75. The molecule has 1 unspecified atom stereocenters. The van der Waals surface area contributed by atoms with Gasteiger partial charge in [0.1, 0.15) is 0 Å². The first-order valence-corrected chi connectivity index (χ1v) is 8.74. The predicted octanol–water partition coefficient (Wildman–Crippen LogP) is 3.92. The molecule has 2 heterocycles. The summed E-state index contributed by atoms with van der Waals surface area (Å²) < 4.78 is 0. The summed E-state index contributed by atoms with van der Waals surface area (Å²) in [5, 5.41) is 1.09. The Hall–Kier alpha value is -0.900. The molecule has 0 saturated carbocycles. The molecule has 2 aliphatic rings. The second-order valence-electron chi connectivity index (χ2n) is 6.47. The molecule has 0 aromatic carbocycles. The van der Waals surface area contributed by atoms with Gasteiger partial charge in [-0.1, -0.05) is 25.2 Å². The van der Waals surface area contributed by atoms with Crippen molar-refractivity contribution in [2.24, 2.45) is 11.8 Å². The summed E-state index contributed by atoms with van der Waals surface area (Å²) in [6.45, 7) is 6.87. The second-order valence-corrected chi connectivity index (χ2v) is 7.45. The van der Waals surface area contributed by atoms with Gasteiger partial charge in [-0.05, 0) is 43.9 Å². The van der Waals surface area contributed by atoms with E-state index >= 15 is 0 Å². The van der Waals surface area contributed by atoms with Gasteiger partial charge in [-0.15, -0.1) is 0 Å². The van der Waals surface area contributed by atoms with Crippen molar-refractivity contribution in [1.29, 1.82) is 0 Å². The molecule has 1 aromatic rings. The molecular weight excluding hydrogens is 268 g/mol. The number of carbonyl (C=O) groups excluding carboxylic acids is 1. The highest BCUT2D eigenvalue weighted by Gasteiger charge is 2.26. The number of Topliss-reactive ketones (excluding diaryl/α,β-unsaturated/α-hetero) is 1. The molecule has 0 radical (unpaired) electrons. The second kappa shape index (κ2) is 5.84. The third kappa shape index (κ3) is 2.76. The van der Waals surface area contributed by atoms with E-state index in [4.69, 9.17) is 4.98 Å². The fourth-order valence-electron chi connectivity index (χ4n) is 3.37. The van der Waals surface area contributed by atoms with Gasteiger partial charge in [0.25, 0.3) is 0 Å². The van der Waals surface area contributed by atoms with Gasteiger partial charge < -0.3 is 4.90 Å². The molecule has 0 spiro atoms. The Labute approximate surface area is 125 Å². The van der Waals surface area contributed by atoms with E-state index in [1.807, 2.05) is 0 Å². The van der Waals surface area contributed by atoms with E-state index < -0.39 is 0 Å². The first kappa shape index (κ1) is 14.1. The van der Waals surface area contributed by atoms with Crippen molar-refractivity contribution in [2.45, 2.75) is 52.4 Å². The number of aryl methyl sites for hydroxylation is 1. The van der Waals surface area contributed by atoms with E-state index in [0.717, 1.165) is 53.5 Å². The summed E-state index contributed by atoms with van der Waals surface area (Å²) in [7, 11) is 0. The van der Waals surface area contributed by atoms with Crippen molar-refractivity contribution in [3.05, 3.63) is 10.6 Å². The van der Waals surface area contributed by atoms with Gasteiger partial charge in [0.05, 0.1) is 10.6 Å². The summed E-state index contributed by atoms with van der Waals surface area (Å²) in [5.74, 6) is 1.93. The number of fused-ring (bicyclic) bond motifs is 1. The minimum Gasteiger partial charge on any atom is -0.348 e. The molecule has 1 atom stereocenters. The number of ketones is 1. The largest absolute Gasteiger partial charge is 0.348 e. The average Bonchev–Trinajstić information content (AvgIpc) is 2.70. The van der Waals surface area contributed by atoms with Crippen LogP contribution in [0.25, 0.3) is 0 Å². The van der Waals surface area contributed by atoms with Gasteiger partial charge >= 0.3 is 0 Å². The normalized spacial score (nSPS) is 23.9. The highest BCUT2D eigenvalue weighted by atomic mass is 32.1. The molecule has 0 bridgehead atoms. The van der Waals surface area contributed by atoms with Crippen molar-refractivity contribution in [1.82, 2.24) is 4.98 Å². The van der Waals surface area contributed by atoms with Gasteiger partial charge in [-0.2, -0.15) is 0 Å². The molecule has 1 fully saturated rings. The zero-order chi connectivity index (χ0) is 14.1. The van der Waals surface area contributed by atoms with Crippen molar-refractivity contribution < 1.29 is 4.79 Å². The summed E-state index contributed by atoms with van der Waals surface area (Å²) in [6, 6.07) is 0. The Kier molecular flexibility index (Phi) is 4.11. The first-order valence-electron chi connectivity index (χ1n) is 7.93. The molecular formula is C16H24N2OS. The maximum absolute atomic E-state index is 11.9. The standard InChI is InChI=1S/C16H24N2OS/c1-11(2)12-5-4-9-18(10-8-12)16-17-13-6-3-7-14(19)15(13)20-16/h11-12H,3-10H2,1-2H3. The van der Waals surface area contributed by atoms with Crippen molar-refractivity contribution >= 4 is 22.3 Å². The van der Waals surface area contributed by atoms with Crippen LogP contribution in [0.4, 0.5) is 5.13 Å². The van der Waals surface area contributed by atoms with E-state index in [1.165, 1.54) is 19.3 Å². The lowest BCUT2D eigenvalue weighted by molar-refractivity contribution is 0.0976. The summed E-state index contributed by atoms with van der Waals surface area (Å²) in [5.41, 5.74) is 1.06. The van der Waals surface area contributed by atoms with E-state index in [2.05, 4.69) is 18.7 Å². The number of rotatable bonds is 2. The van der Waals surface area contributed by atoms with E-state index in [1.54, 1.807) is 11.3 Å². The molecule has 0 N–H and O–H groups in total. The number of aromatic nitrogens is 1. The van der Waals surface area contributed by atoms with Crippen LogP contribution in [0.5, 0.6) is 0 Å². The minimum absolute atomic E-state index is 0.310. The van der Waals surface area contributed by atoms with Gasteiger partial charge in [0.2, 0.25) is 0 Å². The highest BCUT2D eigenvalue weighted by Crippen LogP contribution is 2.34. The zero-order valence-corrected chi connectivity index (χ0v) is 13.3. The molecule has 1 aromatic heterocycles. The Morgan fingerprint density at radius 2 is 2.05 bits per heavy atom. The molecule has 110 valence electrons. The third-order valence-corrected chi connectivity index (χ3v) is 5.94. The van der Waals surface area contributed by atoms with Crippen LogP contribution in [-0.4, -0.2) is 23.9 Å². The van der Waals surface area contributed by atoms with Crippen LogP contribution in [0.2, 0.25) is 0 Å². The van der Waals surface area contributed by atoms with Gasteiger partial charge in [-0.3, -0.25) is 4.79 Å². The van der Waals surface area contributed by atoms with E-state index in [0.29, 0.717) is 12.2 Å². The van der Waals surface area contributed by atoms with Crippen molar-refractivity contribution in [2.75, 3.05) is 18.0 Å². The number of anilines is 1. The van der Waals surface area contributed by atoms with E-state index in [-0.39, 0.29) is 0 Å². The molecule has 4 heteroatoms. The smallest absolute Gasteiger partial charge is 0.186 e. The molecule has 3 nitrogen and oxygen atoms in total. The lowest BCUT2D eigenvalue weighted by atomic mass is 9.89. The van der Waals surface area contributed by atoms with Crippen molar-refractivity contribution in [3.8, 4) is 0 Å². The van der Waals surface area contributed by atoms with Crippen LogP contribution >= 0.6 is 11.3 Å². The van der Waals surface area contributed by atoms with Gasteiger partial charge in [0.15, 0.2) is 10.9 Å². The SMILES string of the molecule is CC(C)C1CCCN(c2nc3c(s2)C(=O)CCC3)CC1. The summed E-state index contributed by atoms with van der Waals surface area (Å²) in [4.78, 5) is 20.1. The number of carbonyl (C=O) groups is 1. The maximum atomic E-state index is 11.9. The van der Waals surface area contributed by atoms with Crippen LogP contribution in [0.3, 0.4) is 0 Å². The number of hydrogen-bond donors (Lipinski definition) is 0. The molecule has 1 saturated heterocycles. The topological polar surface area (TPSA) is 33.2 Å². The average molecular weight is 292 g/mol. The minimum atomic E-state index is 0.310. The van der Waals surface area contributed by atoms with Crippen LogP contribution in [0.15, 0.2) is 0 Å². The molecule has 1 aliphatic heterocycles. The Bertz CT molecular complexity index is 495. The Morgan fingerprint density at radius 1 is 1.20 bits per heavy atom. The number of nitrogens with zero attached hydrogens (tertiary/aromatic N) is 2. The lowest BCUT2D eigenvalue weighted by Gasteiger charge is -2.20. The number of hydrogen-bond acceptors (Lipinski definition) is 4. The zero-order valence-electron chi connectivity index (χ0n) is 12.5. The Morgan fingerprint density at radius 3 is 2.80 bits per heavy atom. The van der Waals surface area contributed by atoms with Crippen LogP contribution in [-0.2, 0) is 6.42 Å². The molecule has 20 heavy (non-hydrogen) atoms. The first-order chi connectivity index (χ1) is 9.65. The van der Waals surface area contributed by atoms with Crippen LogP contribution in [0, 0.1) is 11.8 Å². The van der Waals surface area contributed by atoms with Gasteiger partial charge in [-0.25, -0.2) is 4.98 Å². The quantitative estimate of drug-likeness (QED) is 0.828. The summed E-state index contributed by atoms with van der Waals surface area (Å²) in [6.07, 6.45) is 6.52. The molecule has 3 rings (SSSR count). The maximum Gasteiger partial charge on any atom is 0.186 e. The van der Waals surface area contributed by atoms with Crippen LogP contribution in [0.1, 0.15) is 61.3 Å².